The molecule has 5 nitrogen and oxygen atoms in total. The summed E-state index contributed by atoms with van der Waals surface area (Å²) >= 11 is 0. The minimum atomic E-state index is -3.77. The van der Waals surface area contributed by atoms with Crippen molar-refractivity contribution in [3.8, 4) is 11.5 Å². The van der Waals surface area contributed by atoms with Gasteiger partial charge in [-0.15, -0.1) is 0 Å². The lowest BCUT2D eigenvalue weighted by atomic mass is 10.3. The molecule has 0 N–H and O–H groups in total. The van der Waals surface area contributed by atoms with E-state index < -0.39 is 27.1 Å². The van der Waals surface area contributed by atoms with Gasteiger partial charge in [0.2, 0.25) is 15.0 Å². The summed E-state index contributed by atoms with van der Waals surface area (Å²) in [7, 11) is -3.77. The maximum Gasteiger partial charge on any atom is 0.280 e. The van der Waals surface area contributed by atoms with Crippen molar-refractivity contribution in [1.82, 2.24) is 9.97 Å². The van der Waals surface area contributed by atoms with Crippen LogP contribution in [-0.2, 0) is 9.84 Å². The van der Waals surface area contributed by atoms with Crippen LogP contribution in [0.1, 0.15) is 19.0 Å². The van der Waals surface area contributed by atoms with Gasteiger partial charge in [0.25, 0.3) is 6.43 Å². The Kier molecular flexibility index (Phi) is 3.61. The average Bonchev–Trinajstić information content (AvgIpc) is 2.92. The van der Waals surface area contributed by atoms with Crippen LogP contribution in [0.4, 0.5) is 8.78 Å². The normalized spacial score (nSPS) is 12.0. The van der Waals surface area contributed by atoms with Crippen molar-refractivity contribution in [2.45, 2.75) is 18.5 Å². The van der Waals surface area contributed by atoms with E-state index in [9.17, 15) is 17.2 Å². The smallest absolute Gasteiger partial charge is 0.280 e. The van der Waals surface area contributed by atoms with Gasteiger partial charge in [-0.1, -0.05) is 6.92 Å². The molecule has 0 aliphatic rings. The van der Waals surface area contributed by atoms with E-state index in [1.54, 1.807) is 6.07 Å². The largest absolute Gasteiger partial charge is 0.463 e. The molecule has 0 aliphatic carbocycles. The lowest BCUT2D eigenvalue weighted by Crippen LogP contribution is -2.11. The second kappa shape index (κ2) is 5.04. The van der Waals surface area contributed by atoms with Gasteiger partial charge in [0.1, 0.15) is 11.4 Å². The van der Waals surface area contributed by atoms with Crippen molar-refractivity contribution in [3.05, 3.63) is 30.2 Å². The van der Waals surface area contributed by atoms with E-state index in [1.165, 1.54) is 19.3 Å². The summed E-state index contributed by atoms with van der Waals surface area (Å²) in [6.07, 6.45) is -1.55. The fourth-order valence-electron chi connectivity index (χ4n) is 1.37. The first-order valence-corrected chi connectivity index (χ1v) is 7.03. The molecule has 0 fully saturated rings. The molecule has 102 valence electrons. The monoisotopic (exact) mass is 288 g/mol. The van der Waals surface area contributed by atoms with Crippen LogP contribution in [-0.4, -0.2) is 24.1 Å². The fourth-order valence-corrected chi connectivity index (χ4v) is 2.11. The topological polar surface area (TPSA) is 73.1 Å². The summed E-state index contributed by atoms with van der Waals surface area (Å²) in [5.74, 6) is -0.0612. The van der Waals surface area contributed by atoms with E-state index in [0.717, 1.165) is 6.07 Å². The van der Waals surface area contributed by atoms with E-state index in [2.05, 4.69) is 9.97 Å². The van der Waals surface area contributed by atoms with Crippen molar-refractivity contribution in [2.24, 2.45) is 0 Å². The number of sulfone groups is 1. The second-order valence-corrected chi connectivity index (χ2v) is 5.81. The van der Waals surface area contributed by atoms with Crippen molar-refractivity contribution in [1.29, 1.82) is 0 Å². The number of alkyl halides is 2. The summed E-state index contributed by atoms with van der Waals surface area (Å²) in [6, 6.07) is 4.06. The molecule has 0 saturated carbocycles. The Morgan fingerprint density at radius 1 is 1.37 bits per heavy atom. The third-order valence-electron chi connectivity index (χ3n) is 2.38. The van der Waals surface area contributed by atoms with E-state index in [0.29, 0.717) is 0 Å². The molecule has 8 heteroatoms. The molecule has 2 aromatic rings. The molecular formula is C11H10F2N2O3S. The van der Waals surface area contributed by atoms with Gasteiger partial charge >= 0.3 is 0 Å². The number of nitrogens with zero attached hydrogens (tertiary/aromatic N) is 2. The van der Waals surface area contributed by atoms with Gasteiger partial charge in [-0.2, -0.15) is 0 Å². The van der Waals surface area contributed by atoms with Crippen LogP contribution >= 0.6 is 0 Å². The third-order valence-corrected chi connectivity index (χ3v) is 3.88. The van der Waals surface area contributed by atoms with Gasteiger partial charge in [-0.3, -0.25) is 0 Å². The predicted octanol–water partition coefficient (Wildman–Crippen LogP) is 2.47. The standard InChI is InChI=1S/C11H10F2N2O3S/c1-2-19(16,17)11-14-7(9-4-3-5-18-9)6-8(15-11)10(12)13/h3-6,10H,2H2,1H3. The SMILES string of the molecule is CCS(=O)(=O)c1nc(-c2ccco2)cc(C(F)F)n1. The van der Waals surface area contributed by atoms with Crippen LogP contribution in [0.2, 0.25) is 0 Å². The fraction of sp³-hybridized carbons (Fsp3) is 0.273. The van der Waals surface area contributed by atoms with Crippen LogP contribution in [0.5, 0.6) is 0 Å². The quantitative estimate of drug-likeness (QED) is 0.808. The lowest BCUT2D eigenvalue weighted by Gasteiger charge is -2.06. The third kappa shape index (κ3) is 2.78. The minimum absolute atomic E-state index is 0.0160. The van der Waals surface area contributed by atoms with Crippen LogP contribution in [0.15, 0.2) is 34.0 Å². The number of furan rings is 1. The Balaban J connectivity index is 2.63. The molecule has 2 aromatic heterocycles. The number of rotatable bonds is 4. The van der Waals surface area contributed by atoms with Gasteiger partial charge in [0, 0.05) is 0 Å². The van der Waals surface area contributed by atoms with Crippen molar-refractivity contribution in [3.63, 3.8) is 0 Å². The Morgan fingerprint density at radius 3 is 2.63 bits per heavy atom. The molecular weight excluding hydrogens is 278 g/mol. The van der Waals surface area contributed by atoms with E-state index >= 15 is 0 Å². The zero-order valence-electron chi connectivity index (χ0n) is 9.88. The molecule has 0 aromatic carbocycles. The molecule has 0 amide bonds. The Bertz CT molecular complexity index is 669. The summed E-state index contributed by atoms with van der Waals surface area (Å²) in [4.78, 5) is 7.17. The van der Waals surface area contributed by atoms with E-state index in [-0.39, 0.29) is 17.2 Å². The van der Waals surface area contributed by atoms with Crippen LogP contribution in [0, 0.1) is 0 Å². The van der Waals surface area contributed by atoms with Gasteiger partial charge in [-0.05, 0) is 18.2 Å². The Hall–Kier alpha value is -1.83. The van der Waals surface area contributed by atoms with Crippen molar-refractivity contribution in [2.75, 3.05) is 5.75 Å². The number of aromatic nitrogens is 2. The summed E-state index contributed by atoms with van der Waals surface area (Å²) in [5, 5.41) is -0.612. The molecule has 2 rings (SSSR count). The Morgan fingerprint density at radius 2 is 2.11 bits per heavy atom. The van der Waals surface area contributed by atoms with E-state index in [4.69, 9.17) is 4.42 Å². The van der Waals surface area contributed by atoms with E-state index in [1.807, 2.05) is 0 Å². The van der Waals surface area contributed by atoms with Crippen molar-refractivity contribution < 1.29 is 21.6 Å². The molecule has 0 radical (unpaired) electrons. The maximum absolute atomic E-state index is 12.7. The van der Waals surface area contributed by atoms with Crippen molar-refractivity contribution >= 4 is 9.84 Å². The highest BCUT2D eigenvalue weighted by molar-refractivity contribution is 7.91. The first kappa shape index (κ1) is 13.6. The Labute approximate surface area is 108 Å². The van der Waals surface area contributed by atoms with Crippen LogP contribution in [0.3, 0.4) is 0 Å². The van der Waals surface area contributed by atoms with Crippen LogP contribution in [0.25, 0.3) is 11.5 Å². The highest BCUT2D eigenvalue weighted by Gasteiger charge is 2.22. The molecule has 19 heavy (non-hydrogen) atoms. The lowest BCUT2D eigenvalue weighted by molar-refractivity contribution is 0.145. The van der Waals surface area contributed by atoms with Crippen LogP contribution < -0.4 is 0 Å². The van der Waals surface area contributed by atoms with Gasteiger partial charge < -0.3 is 4.42 Å². The zero-order chi connectivity index (χ0) is 14.0. The second-order valence-electron chi connectivity index (χ2n) is 3.64. The summed E-state index contributed by atoms with van der Waals surface area (Å²) in [5.41, 5.74) is -0.629. The van der Waals surface area contributed by atoms with Gasteiger partial charge in [0.05, 0.1) is 12.0 Å². The number of hydrogen-bond acceptors (Lipinski definition) is 5. The number of halogens is 2. The number of hydrogen-bond donors (Lipinski definition) is 0. The maximum atomic E-state index is 12.7. The highest BCUT2D eigenvalue weighted by Crippen LogP contribution is 2.24. The predicted molar refractivity (Wildman–Crippen MR) is 62.4 cm³/mol. The molecule has 0 unspecified atom stereocenters. The average molecular weight is 288 g/mol. The summed E-state index contributed by atoms with van der Waals surface area (Å²) in [6.45, 7) is 1.39. The first-order valence-electron chi connectivity index (χ1n) is 5.38. The minimum Gasteiger partial charge on any atom is -0.463 e. The summed E-state index contributed by atoms with van der Waals surface area (Å²) < 4.78 is 53.9. The molecule has 0 bridgehead atoms. The molecule has 0 saturated heterocycles. The molecule has 0 aliphatic heterocycles. The zero-order valence-corrected chi connectivity index (χ0v) is 10.7. The molecule has 2 heterocycles. The van der Waals surface area contributed by atoms with Gasteiger partial charge in [-0.25, -0.2) is 27.2 Å². The molecule has 0 spiro atoms. The first-order chi connectivity index (χ1) is 8.94. The van der Waals surface area contributed by atoms with Gasteiger partial charge in [0.15, 0.2) is 5.76 Å². The molecule has 0 atom stereocenters. The highest BCUT2D eigenvalue weighted by atomic mass is 32.2.